The molecule has 10 rings (SSSR count). The molecule has 236 valence electrons. The number of hydrogen-bond donors (Lipinski definition) is 0. The van der Waals surface area contributed by atoms with Crippen molar-refractivity contribution in [2.45, 2.75) is 12.3 Å². The number of rotatable bonds is 5. The summed E-state index contributed by atoms with van der Waals surface area (Å²) in [6, 6.07) is 52.3. The Morgan fingerprint density at radius 2 is 1.10 bits per heavy atom. The monoisotopic (exact) mass is 640 g/mol. The largest absolute Gasteiger partial charge is 0.309 e. The standard InChI is InChI=1S/C46H32N4/c1-3-11-31(12-4-1)32-19-21-33(22-20-32)41-27-28-47-46(48-41)50-43-18-10-8-16-38(43)40-30-35(24-26-45(40)50)34-23-25-44-39(29-34)37-15-7-9-17-42(37)49(44)36-13-5-2-6-14-36/h1-11,13-31H,12H2. The summed E-state index contributed by atoms with van der Waals surface area (Å²) in [5.74, 6) is 1.09. The van der Waals surface area contributed by atoms with E-state index in [1.54, 1.807) is 0 Å². The first-order valence-electron chi connectivity index (χ1n) is 17.2. The fourth-order valence-electron chi connectivity index (χ4n) is 7.72. The van der Waals surface area contributed by atoms with E-state index < -0.39 is 0 Å². The number of para-hydroxylation sites is 3. The van der Waals surface area contributed by atoms with Gasteiger partial charge in [-0.15, -0.1) is 0 Å². The Morgan fingerprint density at radius 1 is 0.500 bits per heavy atom. The number of aromatic nitrogens is 4. The smallest absolute Gasteiger partial charge is 0.235 e. The van der Waals surface area contributed by atoms with E-state index in [0.717, 1.165) is 28.7 Å². The number of hydrogen-bond acceptors (Lipinski definition) is 2. The Bertz CT molecular complexity index is 2780. The zero-order valence-electron chi connectivity index (χ0n) is 27.3. The van der Waals surface area contributed by atoms with Crippen LogP contribution in [0.25, 0.3) is 77.6 Å². The van der Waals surface area contributed by atoms with Gasteiger partial charge in [0.25, 0.3) is 0 Å². The van der Waals surface area contributed by atoms with Crippen LogP contribution in [-0.4, -0.2) is 19.1 Å². The van der Waals surface area contributed by atoms with Crippen molar-refractivity contribution in [1.82, 2.24) is 19.1 Å². The molecule has 1 aliphatic rings. The lowest BCUT2D eigenvalue weighted by molar-refractivity contribution is 0.854. The van der Waals surface area contributed by atoms with E-state index in [9.17, 15) is 0 Å². The third-order valence-corrected chi connectivity index (χ3v) is 10.2. The molecule has 0 saturated carbocycles. The minimum atomic E-state index is 0.425. The van der Waals surface area contributed by atoms with Crippen LogP contribution in [0.3, 0.4) is 0 Å². The molecule has 1 unspecified atom stereocenters. The topological polar surface area (TPSA) is 35.6 Å². The maximum atomic E-state index is 5.12. The predicted molar refractivity (Wildman–Crippen MR) is 207 cm³/mol. The number of nitrogens with zero attached hydrogens (tertiary/aromatic N) is 4. The summed E-state index contributed by atoms with van der Waals surface area (Å²) in [6.45, 7) is 0. The van der Waals surface area contributed by atoms with E-state index in [2.05, 4.69) is 173 Å². The molecule has 3 aromatic heterocycles. The van der Waals surface area contributed by atoms with Gasteiger partial charge in [0, 0.05) is 44.9 Å². The molecule has 0 amide bonds. The van der Waals surface area contributed by atoms with Crippen molar-refractivity contribution >= 4 is 43.6 Å². The highest BCUT2D eigenvalue weighted by Crippen LogP contribution is 2.38. The Morgan fingerprint density at radius 3 is 1.78 bits per heavy atom. The van der Waals surface area contributed by atoms with Crippen molar-refractivity contribution in [2.24, 2.45) is 0 Å². The first-order chi connectivity index (χ1) is 24.8. The Labute approximate surface area is 289 Å². The average Bonchev–Trinajstić information content (AvgIpc) is 3.71. The summed E-state index contributed by atoms with van der Waals surface area (Å²) in [4.78, 5) is 9.93. The SMILES string of the molecule is C1=CCC(c2ccc(-c3ccnc(-n4c5ccccc5c5cc(-c6ccc7c(c6)c6ccccc6n7-c6ccccc6)ccc54)n3)cc2)C=C1. The lowest BCUT2D eigenvalue weighted by Crippen LogP contribution is -2.02. The van der Waals surface area contributed by atoms with Crippen molar-refractivity contribution in [3.05, 3.63) is 182 Å². The van der Waals surface area contributed by atoms with E-state index >= 15 is 0 Å². The summed E-state index contributed by atoms with van der Waals surface area (Å²) in [5, 5.41) is 4.85. The van der Waals surface area contributed by atoms with Crippen LogP contribution in [0.2, 0.25) is 0 Å². The van der Waals surface area contributed by atoms with E-state index in [-0.39, 0.29) is 0 Å². The molecule has 3 heterocycles. The second kappa shape index (κ2) is 11.6. The maximum Gasteiger partial charge on any atom is 0.235 e. The van der Waals surface area contributed by atoms with Crippen LogP contribution in [-0.2, 0) is 0 Å². The molecule has 4 nitrogen and oxygen atoms in total. The highest BCUT2D eigenvalue weighted by molar-refractivity contribution is 6.12. The molecular formula is C46H32N4. The zero-order chi connectivity index (χ0) is 33.0. The van der Waals surface area contributed by atoms with Crippen molar-refractivity contribution in [3.63, 3.8) is 0 Å². The third kappa shape index (κ3) is 4.61. The van der Waals surface area contributed by atoms with Gasteiger partial charge in [-0.2, -0.15) is 0 Å². The second-order valence-electron chi connectivity index (χ2n) is 13.0. The van der Waals surface area contributed by atoms with Crippen LogP contribution >= 0.6 is 0 Å². The molecule has 4 heteroatoms. The Kier molecular flexibility index (Phi) is 6.59. The molecule has 0 aliphatic heterocycles. The molecule has 0 saturated heterocycles. The van der Waals surface area contributed by atoms with Gasteiger partial charge in [0.1, 0.15) is 0 Å². The highest BCUT2D eigenvalue weighted by atomic mass is 15.2. The Hall–Kier alpha value is -6.52. The summed E-state index contributed by atoms with van der Waals surface area (Å²) < 4.78 is 4.56. The number of fused-ring (bicyclic) bond motifs is 6. The summed E-state index contributed by atoms with van der Waals surface area (Å²) in [7, 11) is 0. The molecular weight excluding hydrogens is 609 g/mol. The van der Waals surface area contributed by atoms with E-state index in [1.165, 1.54) is 55.0 Å². The minimum absolute atomic E-state index is 0.425. The van der Waals surface area contributed by atoms with Crippen molar-refractivity contribution < 1.29 is 0 Å². The van der Waals surface area contributed by atoms with Gasteiger partial charge < -0.3 is 4.57 Å². The molecule has 1 aliphatic carbocycles. The van der Waals surface area contributed by atoms with E-state index in [0.29, 0.717) is 11.9 Å². The molecule has 9 aromatic rings. The third-order valence-electron chi connectivity index (χ3n) is 10.2. The second-order valence-corrected chi connectivity index (χ2v) is 13.0. The van der Waals surface area contributed by atoms with Gasteiger partial charge in [-0.3, -0.25) is 4.57 Å². The highest BCUT2D eigenvalue weighted by Gasteiger charge is 2.17. The fourth-order valence-corrected chi connectivity index (χ4v) is 7.72. The van der Waals surface area contributed by atoms with Crippen molar-refractivity contribution in [3.8, 4) is 34.0 Å². The van der Waals surface area contributed by atoms with Crippen LogP contribution in [0.1, 0.15) is 17.9 Å². The number of allylic oxidation sites excluding steroid dienone is 4. The van der Waals surface area contributed by atoms with Gasteiger partial charge in [0.2, 0.25) is 5.95 Å². The normalized spacial score (nSPS) is 14.4. The van der Waals surface area contributed by atoms with Crippen molar-refractivity contribution in [1.29, 1.82) is 0 Å². The van der Waals surface area contributed by atoms with Crippen LogP contribution < -0.4 is 0 Å². The average molecular weight is 641 g/mol. The van der Waals surface area contributed by atoms with Crippen LogP contribution in [0, 0.1) is 0 Å². The van der Waals surface area contributed by atoms with Gasteiger partial charge in [-0.1, -0.05) is 115 Å². The van der Waals surface area contributed by atoms with Gasteiger partial charge >= 0.3 is 0 Å². The molecule has 6 aromatic carbocycles. The number of benzene rings is 6. The molecule has 0 N–H and O–H groups in total. The Balaban J connectivity index is 1.07. The van der Waals surface area contributed by atoms with Crippen LogP contribution in [0.15, 0.2) is 176 Å². The van der Waals surface area contributed by atoms with E-state index in [1.807, 2.05) is 12.3 Å². The van der Waals surface area contributed by atoms with Gasteiger partial charge in [0.15, 0.2) is 0 Å². The first kappa shape index (κ1) is 28.5. The zero-order valence-corrected chi connectivity index (χ0v) is 27.3. The van der Waals surface area contributed by atoms with Gasteiger partial charge in [-0.05, 0) is 77.7 Å². The van der Waals surface area contributed by atoms with Crippen LogP contribution in [0.4, 0.5) is 0 Å². The molecule has 0 spiro atoms. The van der Waals surface area contributed by atoms with Crippen molar-refractivity contribution in [2.75, 3.05) is 0 Å². The van der Waals surface area contributed by atoms with E-state index in [4.69, 9.17) is 9.97 Å². The van der Waals surface area contributed by atoms with Gasteiger partial charge in [-0.25, -0.2) is 9.97 Å². The molecule has 0 bridgehead atoms. The fraction of sp³-hybridized carbons (Fsp3) is 0.0435. The van der Waals surface area contributed by atoms with Gasteiger partial charge in [0.05, 0.1) is 27.8 Å². The quantitative estimate of drug-likeness (QED) is 0.188. The summed E-state index contributed by atoms with van der Waals surface area (Å²) >= 11 is 0. The predicted octanol–water partition coefficient (Wildman–Crippen LogP) is 11.6. The first-order valence-corrected chi connectivity index (χ1v) is 17.2. The molecule has 50 heavy (non-hydrogen) atoms. The minimum Gasteiger partial charge on any atom is -0.309 e. The molecule has 0 radical (unpaired) electrons. The summed E-state index contributed by atoms with van der Waals surface area (Å²) in [6.07, 6.45) is 11.7. The lowest BCUT2D eigenvalue weighted by atomic mass is 9.92. The lowest BCUT2D eigenvalue weighted by Gasteiger charge is -2.14. The molecule has 0 fully saturated rings. The molecule has 1 atom stereocenters. The summed E-state index contributed by atoms with van der Waals surface area (Å²) in [5.41, 5.74) is 11.4. The van der Waals surface area contributed by atoms with Crippen LogP contribution in [0.5, 0.6) is 0 Å². The maximum absolute atomic E-state index is 5.12.